The van der Waals surface area contributed by atoms with Crippen molar-refractivity contribution >= 4 is 27.0 Å². The van der Waals surface area contributed by atoms with E-state index >= 15 is 0 Å². The van der Waals surface area contributed by atoms with Crippen molar-refractivity contribution in [1.82, 2.24) is 15.0 Å². The van der Waals surface area contributed by atoms with E-state index in [2.05, 4.69) is 26.1 Å². The Balaban J connectivity index is 1.97. The molecule has 0 saturated heterocycles. The van der Waals surface area contributed by atoms with Crippen LogP contribution in [0.25, 0.3) is 11.0 Å². The van der Waals surface area contributed by atoms with Gasteiger partial charge in [0, 0.05) is 5.33 Å². The summed E-state index contributed by atoms with van der Waals surface area (Å²) in [5.41, 5.74) is 1.97. The van der Waals surface area contributed by atoms with E-state index in [4.69, 9.17) is 0 Å². The van der Waals surface area contributed by atoms with E-state index in [1.807, 2.05) is 24.3 Å². The van der Waals surface area contributed by atoms with E-state index in [1.54, 1.807) is 4.80 Å². The number of halogens is 1. The molecule has 80 valence electrons. The zero-order chi connectivity index (χ0) is 10.5. The minimum atomic E-state index is 0.918. The number of aromatic nitrogens is 3. The molecule has 1 aromatic heterocycles. The predicted octanol–water partition coefficient (Wildman–Crippen LogP) is 3.00. The molecule has 0 bridgehead atoms. The fraction of sp³-hybridized carbons (Fsp3) is 0.455. The predicted molar refractivity (Wildman–Crippen MR) is 65.2 cm³/mol. The molecule has 0 amide bonds. The van der Waals surface area contributed by atoms with E-state index in [1.165, 1.54) is 12.8 Å². The Morgan fingerprint density at radius 3 is 2.27 bits per heavy atom. The van der Waals surface area contributed by atoms with Gasteiger partial charge in [-0.1, -0.05) is 34.5 Å². The number of hydrogen-bond donors (Lipinski definition) is 0. The van der Waals surface area contributed by atoms with Gasteiger partial charge in [-0.25, -0.2) is 0 Å². The number of fused-ring (bicyclic) bond motifs is 1. The minimum absolute atomic E-state index is 0.918. The molecule has 1 aromatic carbocycles. The van der Waals surface area contributed by atoms with Gasteiger partial charge in [0.25, 0.3) is 0 Å². The lowest BCUT2D eigenvalue weighted by atomic mass is 10.2. The Morgan fingerprint density at radius 2 is 1.67 bits per heavy atom. The second kappa shape index (κ2) is 5.26. The van der Waals surface area contributed by atoms with Crippen LogP contribution >= 0.6 is 15.9 Å². The molecule has 3 nitrogen and oxygen atoms in total. The molecule has 0 spiro atoms. The summed E-state index contributed by atoms with van der Waals surface area (Å²) in [5.74, 6) is 0. The first kappa shape index (κ1) is 10.6. The second-order valence-electron chi connectivity index (χ2n) is 3.53. The van der Waals surface area contributed by atoms with Crippen molar-refractivity contribution in [3.63, 3.8) is 0 Å². The molecule has 0 aliphatic rings. The molecule has 0 fully saturated rings. The molecule has 2 rings (SSSR count). The van der Waals surface area contributed by atoms with Crippen LogP contribution in [0.4, 0.5) is 0 Å². The molecule has 0 unspecified atom stereocenters. The van der Waals surface area contributed by atoms with E-state index in [9.17, 15) is 0 Å². The molecule has 0 aliphatic heterocycles. The van der Waals surface area contributed by atoms with E-state index in [0.29, 0.717) is 0 Å². The Morgan fingerprint density at radius 1 is 1.00 bits per heavy atom. The van der Waals surface area contributed by atoms with Crippen LogP contribution in [0.2, 0.25) is 0 Å². The Labute approximate surface area is 97.6 Å². The molecule has 0 saturated carbocycles. The summed E-state index contributed by atoms with van der Waals surface area (Å²) in [5, 5.41) is 9.89. The highest BCUT2D eigenvalue weighted by molar-refractivity contribution is 9.09. The average molecular weight is 268 g/mol. The maximum atomic E-state index is 4.40. The molecular weight excluding hydrogens is 254 g/mol. The van der Waals surface area contributed by atoms with Gasteiger partial charge in [-0.15, -0.1) is 0 Å². The van der Waals surface area contributed by atoms with Crippen molar-refractivity contribution in [3.8, 4) is 0 Å². The molecule has 0 atom stereocenters. The number of rotatable bonds is 5. The van der Waals surface area contributed by atoms with Gasteiger partial charge in [0.05, 0.1) is 6.54 Å². The van der Waals surface area contributed by atoms with Crippen LogP contribution in [0.5, 0.6) is 0 Å². The largest absolute Gasteiger partial charge is 0.184 e. The zero-order valence-electron chi connectivity index (χ0n) is 8.56. The second-order valence-corrected chi connectivity index (χ2v) is 4.33. The van der Waals surface area contributed by atoms with Crippen molar-refractivity contribution in [2.45, 2.75) is 25.8 Å². The van der Waals surface area contributed by atoms with E-state index in [-0.39, 0.29) is 0 Å². The summed E-state index contributed by atoms with van der Waals surface area (Å²) in [6.45, 7) is 0.918. The van der Waals surface area contributed by atoms with Crippen molar-refractivity contribution in [1.29, 1.82) is 0 Å². The Hall–Kier alpha value is -0.900. The highest BCUT2D eigenvalue weighted by atomic mass is 79.9. The number of benzene rings is 1. The molecular formula is C11H14BrN3. The maximum absolute atomic E-state index is 4.40. The lowest BCUT2D eigenvalue weighted by Crippen LogP contribution is -2.01. The van der Waals surface area contributed by atoms with Gasteiger partial charge in [-0.3, -0.25) is 0 Å². The Bertz CT molecular complexity index is 391. The van der Waals surface area contributed by atoms with Crippen LogP contribution in [0.3, 0.4) is 0 Å². The summed E-state index contributed by atoms with van der Waals surface area (Å²) in [7, 11) is 0. The smallest absolute Gasteiger partial charge is 0.113 e. The number of unbranched alkanes of at least 4 members (excludes halogenated alkanes) is 2. The lowest BCUT2D eigenvalue weighted by molar-refractivity contribution is 0.503. The number of nitrogens with zero attached hydrogens (tertiary/aromatic N) is 3. The molecule has 0 aliphatic carbocycles. The monoisotopic (exact) mass is 267 g/mol. The van der Waals surface area contributed by atoms with Crippen molar-refractivity contribution in [3.05, 3.63) is 24.3 Å². The molecule has 15 heavy (non-hydrogen) atoms. The number of aryl methyl sites for hydroxylation is 1. The first-order valence-electron chi connectivity index (χ1n) is 5.26. The third kappa shape index (κ3) is 2.78. The molecule has 0 radical (unpaired) electrons. The SMILES string of the molecule is BrCCCCCn1nc2ccccc2n1. The Kier molecular flexibility index (Phi) is 3.72. The van der Waals surface area contributed by atoms with Gasteiger partial charge in [-0.05, 0) is 25.0 Å². The van der Waals surface area contributed by atoms with Crippen molar-refractivity contribution in [2.24, 2.45) is 0 Å². The van der Waals surface area contributed by atoms with Crippen molar-refractivity contribution < 1.29 is 0 Å². The first-order valence-corrected chi connectivity index (χ1v) is 6.38. The van der Waals surface area contributed by atoms with Gasteiger partial charge >= 0.3 is 0 Å². The first-order chi connectivity index (χ1) is 7.40. The standard InChI is InChI=1S/C11H14BrN3/c12-8-4-1-5-9-15-13-10-6-2-3-7-11(10)14-15/h2-3,6-7H,1,4-5,8-9H2. The van der Waals surface area contributed by atoms with Crippen LogP contribution in [-0.2, 0) is 6.54 Å². The van der Waals surface area contributed by atoms with E-state index in [0.717, 1.165) is 29.3 Å². The van der Waals surface area contributed by atoms with Gasteiger partial charge in [0.1, 0.15) is 11.0 Å². The van der Waals surface area contributed by atoms with Gasteiger partial charge in [0.15, 0.2) is 0 Å². The summed E-state index contributed by atoms with van der Waals surface area (Å²) in [4.78, 5) is 1.80. The quantitative estimate of drug-likeness (QED) is 0.616. The van der Waals surface area contributed by atoms with Crippen molar-refractivity contribution in [2.75, 3.05) is 5.33 Å². The molecule has 4 heteroatoms. The van der Waals surface area contributed by atoms with Gasteiger partial charge in [-0.2, -0.15) is 15.0 Å². The number of hydrogen-bond acceptors (Lipinski definition) is 2. The lowest BCUT2D eigenvalue weighted by Gasteiger charge is -1.97. The zero-order valence-corrected chi connectivity index (χ0v) is 10.2. The highest BCUT2D eigenvalue weighted by Crippen LogP contribution is 2.08. The summed E-state index contributed by atoms with van der Waals surface area (Å²) in [6, 6.07) is 7.98. The molecule has 2 aromatic rings. The summed E-state index contributed by atoms with van der Waals surface area (Å²) < 4.78 is 0. The van der Waals surface area contributed by atoms with Crippen LogP contribution < -0.4 is 0 Å². The van der Waals surface area contributed by atoms with Gasteiger partial charge in [0.2, 0.25) is 0 Å². The van der Waals surface area contributed by atoms with Gasteiger partial charge < -0.3 is 0 Å². The maximum Gasteiger partial charge on any atom is 0.113 e. The molecule has 0 N–H and O–H groups in total. The minimum Gasteiger partial charge on any atom is -0.184 e. The van der Waals surface area contributed by atoms with Crippen LogP contribution in [-0.4, -0.2) is 20.3 Å². The summed E-state index contributed by atoms with van der Waals surface area (Å²) >= 11 is 3.43. The number of alkyl halides is 1. The van der Waals surface area contributed by atoms with Crippen LogP contribution in [0.1, 0.15) is 19.3 Å². The third-order valence-electron chi connectivity index (χ3n) is 2.32. The summed E-state index contributed by atoms with van der Waals surface area (Å²) in [6.07, 6.45) is 3.59. The van der Waals surface area contributed by atoms with Crippen LogP contribution in [0, 0.1) is 0 Å². The normalized spacial score (nSPS) is 11.0. The fourth-order valence-corrected chi connectivity index (χ4v) is 1.93. The highest BCUT2D eigenvalue weighted by Gasteiger charge is 2.00. The molecule has 1 heterocycles. The fourth-order valence-electron chi connectivity index (χ4n) is 1.53. The van der Waals surface area contributed by atoms with Crippen LogP contribution in [0.15, 0.2) is 24.3 Å². The van der Waals surface area contributed by atoms with E-state index < -0.39 is 0 Å². The third-order valence-corrected chi connectivity index (χ3v) is 2.88. The average Bonchev–Trinajstić information content (AvgIpc) is 2.67. The topological polar surface area (TPSA) is 30.7 Å².